The van der Waals surface area contributed by atoms with Crippen LogP contribution in [0.5, 0.6) is 0 Å². The Morgan fingerprint density at radius 1 is 1.36 bits per heavy atom. The van der Waals surface area contributed by atoms with Gasteiger partial charge in [-0.05, 0) is 45.3 Å². The molecule has 82 valence electrons. The number of hydrogen-bond donors (Lipinski definition) is 2. The maximum atomic E-state index is 7.45. The van der Waals surface area contributed by atoms with Crippen LogP contribution in [0, 0.1) is 10.8 Å². The smallest absolute Gasteiger partial charge is 0.0963 e. The lowest BCUT2D eigenvalue weighted by molar-refractivity contribution is 0.309. The van der Waals surface area contributed by atoms with Crippen LogP contribution in [-0.2, 0) is 0 Å². The fourth-order valence-electron chi connectivity index (χ4n) is 1.89. The summed E-state index contributed by atoms with van der Waals surface area (Å²) < 4.78 is 0. The zero-order chi connectivity index (χ0) is 10.6. The number of rotatable bonds is 5. The van der Waals surface area contributed by atoms with Crippen molar-refractivity contribution in [3.63, 3.8) is 0 Å². The van der Waals surface area contributed by atoms with Crippen LogP contribution < -0.4 is 5.73 Å². The molecule has 0 unspecified atom stereocenters. The van der Waals surface area contributed by atoms with Crippen molar-refractivity contribution in [3.8, 4) is 0 Å². The molecule has 3 nitrogen and oxygen atoms in total. The summed E-state index contributed by atoms with van der Waals surface area (Å²) in [7, 11) is 0. The Hall–Kier alpha value is -0.570. The van der Waals surface area contributed by atoms with Crippen LogP contribution in [0.2, 0.25) is 0 Å². The van der Waals surface area contributed by atoms with E-state index in [1.54, 1.807) is 0 Å². The lowest BCUT2D eigenvalue weighted by atomic mass is 9.86. The normalized spacial score (nSPS) is 18.7. The summed E-state index contributed by atoms with van der Waals surface area (Å²) in [5.74, 6) is 0.318. The third-order valence-corrected chi connectivity index (χ3v) is 3.20. The van der Waals surface area contributed by atoms with E-state index in [4.69, 9.17) is 11.1 Å². The highest BCUT2D eigenvalue weighted by Gasteiger charge is 2.21. The maximum Gasteiger partial charge on any atom is 0.0963 e. The minimum Gasteiger partial charge on any atom is -0.387 e. The molecular weight excluding hydrogens is 174 g/mol. The molecule has 0 amide bonds. The lowest BCUT2D eigenvalue weighted by Crippen LogP contribution is -2.32. The van der Waals surface area contributed by atoms with E-state index >= 15 is 0 Å². The van der Waals surface area contributed by atoms with Gasteiger partial charge in [-0.25, -0.2) is 0 Å². The van der Waals surface area contributed by atoms with E-state index in [2.05, 4.69) is 18.7 Å². The fourth-order valence-corrected chi connectivity index (χ4v) is 1.89. The van der Waals surface area contributed by atoms with Crippen LogP contribution in [0.4, 0.5) is 0 Å². The summed E-state index contributed by atoms with van der Waals surface area (Å²) in [4.78, 5) is 2.51. The SMILES string of the molecule is CC(C)(CCCN1CCCC1)C(=N)N. The summed E-state index contributed by atoms with van der Waals surface area (Å²) in [6.07, 6.45) is 4.90. The van der Waals surface area contributed by atoms with E-state index in [1.165, 1.54) is 32.5 Å². The summed E-state index contributed by atoms with van der Waals surface area (Å²) in [6.45, 7) is 7.82. The Morgan fingerprint density at radius 3 is 2.43 bits per heavy atom. The van der Waals surface area contributed by atoms with Crippen molar-refractivity contribution in [3.05, 3.63) is 0 Å². The molecule has 1 rings (SSSR count). The first-order valence-corrected chi connectivity index (χ1v) is 5.59. The minimum atomic E-state index is -0.111. The molecule has 1 aliphatic heterocycles. The summed E-state index contributed by atoms with van der Waals surface area (Å²) in [6, 6.07) is 0. The minimum absolute atomic E-state index is 0.111. The van der Waals surface area contributed by atoms with Crippen LogP contribution >= 0.6 is 0 Å². The first-order valence-electron chi connectivity index (χ1n) is 5.59. The fraction of sp³-hybridized carbons (Fsp3) is 0.909. The molecular formula is C11H23N3. The molecule has 3 heteroatoms. The van der Waals surface area contributed by atoms with E-state index in [9.17, 15) is 0 Å². The standard InChI is InChI=1S/C11H23N3/c1-11(2,10(12)13)6-5-9-14-7-3-4-8-14/h3-9H2,1-2H3,(H3,12,13). The van der Waals surface area contributed by atoms with Crippen molar-refractivity contribution in [2.24, 2.45) is 11.1 Å². The second kappa shape index (κ2) is 4.78. The predicted molar refractivity (Wildman–Crippen MR) is 60.6 cm³/mol. The first kappa shape index (κ1) is 11.5. The highest BCUT2D eigenvalue weighted by molar-refractivity contribution is 5.82. The van der Waals surface area contributed by atoms with Crippen molar-refractivity contribution in [2.45, 2.75) is 39.5 Å². The molecule has 0 aromatic heterocycles. The predicted octanol–water partition coefficient (Wildman–Crippen LogP) is 1.82. The highest BCUT2D eigenvalue weighted by Crippen LogP contribution is 2.22. The molecule has 0 aromatic rings. The largest absolute Gasteiger partial charge is 0.387 e. The van der Waals surface area contributed by atoms with Gasteiger partial charge in [0.25, 0.3) is 0 Å². The van der Waals surface area contributed by atoms with E-state index < -0.39 is 0 Å². The van der Waals surface area contributed by atoms with Crippen LogP contribution in [-0.4, -0.2) is 30.4 Å². The molecule has 0 aromatic carbocycles. The van der Waals surface area contributed by atoms with Crippen molar-refractivity contribution in [2.75, 3.05) is 19.6 Å². The Balaban J connectivity index is 2.16. The molecule has 14 heavy (non-hydrogen) atoms. The molecule has 0 spiro atoms. The van der Waals surface area contributed by atoms with Gasteiger partial charge in [0.2, 0.25) is 0 Å². The Labute approximate surface area is 87.2 Å². The van der Waals surface area contributed by atoms with Gasteiger partial charge in [0, 0.05) is 5.41 Å². The average molecular weight is 197 g/mol. The number of hydrogen-bond acceptors (Lipinski definition) is 2. The molecule has 0 atom stereocenters. The molecule has 1 fully saturated rings. The zero-order valence-corrected chi connectivity index (χ0v) is 9.47. The summed E-state index contributed by atoms with van der Waals surface area (Å²) in [5.41, 5.74) is 5.42. The van der Waals surface area contributed by atoms with Gasteiger partial charge in [-0.15, -0.1) is 0 Å². The monoisotopic (exact) mass is 197 g/mol. The van der Waals surface area contributed by atoms with Crippen molar-refractivity contribution in [1.29, 1.82) is 5.41 Å². The summed E-state index contributed by atoms with van der Waals surface area (Å²) >= 11 is 0. The number of nitrogens with zero attached hydrogens (tertiary/aromatic N) is 1. The first-order chi connectivity index (χ1) is 6.52. The van der Waals surface area contributed by atoms with Crippen LogP contribution in [0.3, 0.4) is 0 Å². The van der Waals surface area contributed by atoms with Crippen molar-refractivity contribution in [1.82, 2.24) is 4.90 Å². The van der Waals surface area contributed by atoms with Gasteiger partial charge >= 0.3 is 0 Å². The van der Waals surface area contributed by atoms with Gasteiger partial charge in [-0.3, -0.25) is 5.41 Å². The molecule has 0 saturated carbocycles. The number of nitrogens with one attached hydrogen (secondary N) is 1. The van der Waals surface area contributed by atoms with Gasteiger partial charge in [0.05, 0.1) is 5.84 Å². The Morgan fingerprint density at radius 2 is 1.93 bits per heavy atom. The van der Waals surface area contributed by atoms with Gasteiger partial charge in [-0.1, -0.05) is 13.8 Å². The Bertz CT molecular complexity index is 193. The van der Waals surface area contributed by atoms with Gasteiger partial charge in [-0.2, -0.15) is 0 Å². The van der Waals surface area contributed by atoms with Crippen LogP contribution in [0.25, 0.3) is 0 Å². The number of nitrogens with two attached hydrogens (primary N) is 1. The summed E-state index contributed by atoms with van der Waals surface area (Å²) in [5, 5.41) is 7.45. The quantitative estimate of drug-likeness (QED) is 0.522. The molecule has 1 saturated heterocycles. The van der Waals surface area contributed by atoms with Gasteiger partial charge < -0.3 is 10.6 Å². The molecule has 1 aliphatic rings. The van der Waals surface area contributed by atoms with E-state index in [0.717, 1.165) is 12.8 Å². The Kier molecular flexibility index (Phi) is 3.93. The maximum absolute atomic E-state index is 7.45. The number of likely N-dealkylation sites (tertiary alicyclic amines) is 1. The molecule has 0 radical (unpaired) electrons. The molecule has 0 bridgehead atoms. The third kappa shape index (κ3) is 3.29. The second-order valence-electron chi connectivity index (χ2n) is 4.95. The van der Waals surface area contributed by atoms with Gasteiger partial charge in [0.1, 0.15) is 0 Å². The molecule has 1 heterocycles. The topological polar surface area (TPSA) is 53.1 Å². The van der Waals surface area contributed by atoms with E-state index in [1.807, 2.05) is 0 Å². The third-order valence-electron chi connectivity index (χ3n) is 3.20. The lowest BCUT2D eigenvalue weighted by Gasteiger charge is -2.24. The average Bonchev–Trinajstić information content (AvgIpc) is 2.56. The van der Waals surface area contributed by atoms with Gasteiger partial charge in [0.15, 0.2) is 0 Å². The van der Waals surface area contributed by atoms with E-state index in [0.29, 0.717) is 5.84 Å². The zero-order valence-electron chi connectivity index (χ0n) is 9.47. The van der Waals surface area contributed by atoms with Crippen LogP contribution in [0.15, 0.2) is 0 Å². The van der Waals surface area contributed by atoms with E-state index in [-0.39, 0.29) is 5.41 Å². The molecule has 3 N–H and O–H groups in total. The van der Waals surface area contributed by atoms with Crippen molar-refractivity contribution < 1.29 is 0 Å². The van der Waals surface area contributed by atoms with Crippen LogP contribution in [0.1, 0.15) is 39.5 Å². The van der Waals surface area contributed by atoms with Crippen molar-refractivity contribution >= 4 is 5.84 Å². The highest BCUT2D eigenvalue weighted by atomic mass is 15.1. The number of amidine groups is 1. The molecule has 0 aliphatic carbocycles. The second-order valence-corrected chi connectivity index (χ2v) is 4.95.